The van der Waals surface area contributed by atoms with Crippen LogP contribution in [0.4, 0.5) is 5.82 Å². The SMILES string of the molecule is CC(C)c1cc(O)c(-c2cc(N)n(C)n2)cc1Cl. The van der Waals surface area contributed by atoms with Gasteiger partial charge in [-0.1, -0.05) is 25.4 Å². The summed E-state index contributed by atoms with van der Waals surface area (Å²) in [5.41, 5.74) is 7.86. The summed E-state index contributed by atoms with van der Waals surface area (Å²) in [6.07, 6.45) is 0. The van der Waals surface area contributed by atoms with Crippen molar-refractivity contribution in [3.05, 3.63) is 28.8 Å². The molecule has 0 unspecified atom stereocenters. The molecule has 1 heterocycles. The molecule has 3 N–H and O–H groups in total. The number of rotatable bonds is 2. The van der Waals surface area contributed by atoms with Crippen LogP contribution in [0.3, 0.4) is 0 Å². The van der Waals surface area contributed by atoms with E-state index in [1.54, 1.807) is 29.9 Å². The van der Waals surface area contributed by atoms with Gasteiger partial charge < -0.3 is 10.8 Å². The van der Waals surface area contributed by atoms with Crippen LogP contribution in [0, 0.1) is 0 Å². The van der Waals surface area contributed by atoms with Gasteiger partial charge in [0.05, 0.1) is 5.69 Å². The molecule has 0 bridgehead atoms. The smallest absolute Gasteiger partial charge is 0.125 e. The maximum atomic E-state index is 10.1. The molecule has 0 saturated carbocycles. The zero-order valence-electron chi connectivity index (χ0n) is 10.6. The van der Waals surface area contributed by atoms with E-state index in [1.807, 2.05) is 13.8 Å². The number of hydrogen-bond acceptors (Lipinski definition) is 3. The molecule has 0 aliphatic carbocycles. The standard InChI is InChI=1S/C13H16ClN3O/c1-7(2)8-5-12(18)9(4-10(8)14)11-6-13(15)17(3)16-11/h4-7,18H,15H2,1-3H3. The lowest BCUT2D eigenvalue weighted by Gasteiger charge is -2.11. The van der Waals surface area contributed by atoms with Gasteiger partial charge in [-0.2, -0.15) is 5.10 Å². The highest BCUT2D eigenvalue weighted by molar-refractivity contribution is 6.31. The second-order valence-electron chi connectivity index (χ2n) is 4.62. The van der Waals surface area contributed by atoms with Crippen LogP contribution in [-0.2, 0) is 7.05 Å². The molecular weight excluding hydrogens is 250 g/mol. The van der Waals surface area contributed by atoms with Crippen molar-refractivity contribution < 1.29 is 5.11 Å². The summed E-state index contributed by atoms with van der Waals surface area (Å²) in [5, 5.41) is 14.9. The number of nitrogen functional groups attached to an aromatic ring is 1. The molecule has 4 nitrogen and oxygen atoms in total. The monoisotopic (exact) mass is 265 g/mol. The molecule has 2 aromatic rings. The summed E-state index contributed by atoms with van der Waals surface area (Å²) in [6, 6.07) is 5.13. The van der Waals surface area contributed by atoms with Gasteiger partial charge in [0.1, 0.15) is 11.6 Å². The summed E-state index contributed by atoms with van der Waals surface area (Å²) in [4.78, 5) is 0. The Bertz CT molecular complexity index is 571. The van der Waals surface area contributed by atoms with E-state index in [9.17, 15) is 5.11 Å². The minimum absolute atomic E-state index is 0.168. The first-order valence-electron chi connectivity index (χ1n) is 5.72. The summed E-state index contributed by atoms with van der Waals surface area (Å²) in [5.74, 6) is 0.959. The first-order chi connectivity index (χ1) is 8.40. The van der Waals surface area contributed by atoms with Crippen molar-refractivity contribution in [1.82, 2.24) is 9.78 Å². The topological polar surface area (TPSA) is 64.1 Å². The molecule has 0 spiro atoms. The number of phenols is 1. The second-order valence-corrected chi connectivity index (χ2v) is 5.03. The van der Waals surface area contributed by atoms with Crippen LogP contribution in [0.15, 0.2) is 18.2 Å². The lowest BCUT2D eigenvalue weighted by Crippen LogP contribution is -1.96. The maximum Gasteiger partial charge on any atom is 0.125 e. The fourth-order valence-corrected chi connectivity index (χ4v) is 2.22. The van der Waals surface area contributed by atoms with Crippen molar-refractivity contribution in [2.24, 2.45) is 7.05 Å². The average Bonchev–Trinajstić information content (AvgIpc) is 2.61. The first kappa shape index (κ1) is 12.8. The Balaban J connectivity index is 2.56. The Hall–Kier alpha value is -1.68. The molecule has 0 saturated heterocycles. The van der Waals surface area contributed by atoms with Crippen molar-refractivity contribution >= 4 is 17.4 Å². The molecule has 0 aliphatic heterocycles. The van der Waals surface area contributed by atoms with Gasteiger partial charge in [-0.25, -0.2) is 0 Å². The van der Waals surface area contributed by atoms with Crippen molar-refractivity contribution in [2.45, 2.75) is 19.8 Å². The molecule has 5 heteroatoms. The summed E-state index contributed by atoms with van der Waals surface area (Å²) in [6.45, 7) is 4.05. The van der Waals surface area contributed by atoms with Gasteiger partial charge in [0.25, 0.3) is 0 Å². The number of aromatic hydroxyl groups is 1. The Kier molecular flexibility index (Phi) is 3.22. The number of nitrogens with two attached hydrogens (primary N) is 1. The van der Waals surface area contributed by atoms with E-state index in [-0.39, 0.29) is 11.7 Å². The third-order valence-electron chi connectivity index (χ3n) is 2.93. The zero-order valence-corrected chi connectivity index (χ0v) is 11.4. The van der Waals surface area contributed by atoms with Gasteiger partial charge in [0.2, 0.25) is 0 Å². The van der Waals surface area contributed by atoms with E-state index in [4.69, 9.17) is 17.3 Å². The third-order valence-corrected chi connectivity index (χ3v) is 3.26. The van der Waals surface area contributed by atoms with Crippen LogP contribution in [0.2, 0.25) is 5.02 Å². The minimum Gasteiger partial charge on any atom is -0.507 e. The van der Waals surface area contributed by atoms with Crippen LogP contribution in [0.5, 0.6) is 5.75 Å². The predicted molar refractivity (Wildman–Crippen MR) is 73.8 cm³/mol. The van der Waals surface area contributed by atoms with Gasteiger partial charge in [-0.15, -0.1) is 0 Å². The number of phenolic OH excluding ortho intramolecular Hbond substituents is 1. The average molecular weight is 266 g/mol. The molecule has 2 rings (SSSR count). The number of nitrogens with zero attached hydrogens (tertiary/aromatic N) is 2. The summed E-state index contributed by atoms with van der Waals surface area (Å²) in [7, 11) is 1.75. The minimum atomic E-state index is 0.168. The number of anilines is 1. The number of aryl methyl sites for hydroxylation is 1. The Morgan fingerprint density at radius 3 is 2.50 bits per heavy atom. The predicted octanol–water partition coefficient (Wildman–Crippen LogP) is 3.15. The van der Waals surface area contributed by atoms with Crippen LogP contribution in [0.25, 0.3) is 11.3 Å². The third kappa shape index (κ3) is 2.16. The largest absolute Gasteiger partial charge is 0.507 e. The molecule has 0 radical (unpaired) electrons. The highest BCUT2D eigenvalue weighted by Crippen LogP contribution is 2.36. The van der Waals surface area contributed by atoms with Crippen LogP contribution < -0.4 is 5.73 Å². The van der Waals surface area contributed by atoms with E-state index in [2.05, 4.69) is 5.10 Å². The molecule has 0 aliphatic rings. The quantitative estimate of drug-likeness (QED) is 0.877. The fourth-order valence-electron chi connectivity index (χ4n) is 1.84. The number of aromatic nitrogens is 2. The van der Waals surface area contributed by atoms with E-state index in [1.165, 1.54) is 0 Å². The normalized spacial score (nSPS) is 11.2. The number of halogens is 1. The van der Waals surface area contributed by atoms with Gasteiger partial charge in [0.15, 0.2) is 0 Å². The first-order valence-corrected chi connectivity index (χ1v) is 6.10. The van der Waals surface area contributed by atoms with E-state index in [0.717, 1.165) is 5.56 Å². The van der Waals surface area contributed by atoms with Crippen molar-refractivity contribution in [2.75, 3.05) is 5.73 Å². The van der Waals surface area contributed by atoms with Crippen LogP contribution >= 0.6 is 11.6 Å². The molecule has 1 aromatic heterocycles. The highest BCUT2D eigenvalue weighted by Gasteiger charge is 2.14. The summed E-state index contributed by atoms with van der Waals surface area (Å²) >= 11 is 6.22. The van der Waals surface area contributed by atoms with E-state index in [0.29, 0.717) is 22.1 Å². The Morgan fingerprint density at radius 1 is 1.33 bits per heavy atom. The number of hydrogen-bond donors (Lipinski definition) is 2. The Morgan fingerprint density at radius 2 is 2.00 bits per heavy atom. The molecular formula is C13H16ClN3O. The van der Waals surface area contributed by atoms with E-state index >= 15 is 0 Å². The summed E-state index contributed by atoms with van der Waals surface area (Å²) < 4.78 is 1.55. The maximum absolute atomic E-state index is 10.1. The van der Waals surface area contributed by atoms with Crippen molar-refractivity contribution in [3.63, 3.8) is 0 Å². The van der Waals surface area contributed by atoms with Gasteiger partial charge in [-0.05, 0) is 23.6 Å². The van der Waals surface area contributed by atoms with Crippen LogP contribution in [-0.4, -0.2) is 14.9 Å². The molecule has 96 valence electrons. The van der Waals surface area contributed by atoms with Crippen molar-refractivity contribution in [1.29, 1.82) is 0 Å². The molecule has 0 atom stereocenters. The molecule has 18 heavy (non-hydrogen) atoms. The van der Waals surface area contributed by atoms with Gasteiger partial charge in [0, 0.05) is 23.7 Å². The number of benzene rings is 1. The lowest BCUT2D eigenvalue weighted by atomic mass is 9.99. The van der Waals surface area contributed by atoms with Gasteiger partial charge >= 0.3 is 0 Å². The Labute approximate surface area is 111 Å². The molecule has 0 fully saturated rings. The zero-order chi connectivity index (χ0) is 13.4. The van der Waals surface area contributed by atoms with Gasteiger partial charge in [-0.3, -0.25) is 4.68 Å². The molecule has 1 aromatic carbocycles. The lowest BCUT2D eigenvalue weighted by molar-refractivity contribution is 0.476. The highest BCUT2D eigenvalue weighted by atomic mass is 35.5. The fraction of sp³-hybridized carbons (Fsp3) is 0.308. The van der Waals surface area contributed by atoms with Crippen LogP contribution in [0.1, 0.15) is 25.3 Å². The molecule has 0 amide bonds. The van der Waals surface area contributed by atoms with E-state index < -0.39 is 0 Å². The van der Waals surface area contributed by atoms with Crippen molar-refractivity contribution in [3.8, 4) is 17.0 Å². The second kappa shape index (κ2) is 4.53.